The van der Waals surface area contributed by atoms with Crippen molar-refractivity contribution >= 4 is 27.3 Å². The number of ketones is 1. The normalized spacial score (nSPS) is 19.9. The average Bonchev–Trinajstić information content (AvgIpc) is 3.27. The van der Waals surface area contributed by atoms with Crippen LogP contribution in [0.5, 0.6) is 0 Å². The van der Waals surface area contributed by atoms with Crippen LogP contribution in [-0.2, 0) is 30.3 Å². The first-order chi connectivity index (χ1) is 31.1. The molecular weight excluding hydrogens is 985 g/mol. The average molecular weight is 1060 g/mol. The van der Waals surface area contributed by atoms with Crippen LogP contribution in [0.1, 0.15) is 152 Å². The number of aliphatic hydroxyl groups is 1. The maximum absolute atomic E-state index is 12.0. The van der Waals surface area contributed by atoms with Crippen LogP contribution in [0.4, 0.5) is 0 Å². The van der Waals surface area contributed by atoms with Crippen molar-refractivity contribution in [2.75, 3.05) is 0 Å². The number of aromatic nitrogens is 2. The van der Waals surface area contributed by atoms with Gasteiger partial charge in [0.25, 0.3) is 0 Å². The third-order valence-corrected chi connectivity index (χ3v) is 15.5. The number of nitrogens with zero attached hydrogens (tertiary/aromatic N) is 2. The van der Waals surface area contributed by atoms with Crippen LogP contribution in [0.25, 0.3) is 44.1 Å². The third-order valence-electron chi connectivity index (χ3n) is 15.5. The summed E-state index contributed by atoms with van der Waals surface area (Å²) in [4.78, 5) is 21.4. The van der Waals surface area contributed by atoms with E-state index in [1.807, 2.05) is 47.0 Å². The van der Waals surface area contributed by atoms with Crippen LogP contribution >= 0.6 is 0 Å². The summed E-state index contributed by atoms with van der Waals surface area (Å²) < 4.78 is 0. The van der Waals surface area contributed by atoms with E-state index in [2.05, 4.69) is 131 Å². The molecule has 351 valence electrons. The Morgan fingerprint density at radius 2 is 1.18 bits per heavy atom. The predicted octanol–water partition coefficient (Wildman–Crippen LogP) is 16.5. The molecule has 10 rings (SSSR count). The van der Waals surface area contributed by atoms with Gasteiger partial charge in [-0.05, 0) is 149 Å². The minimum atomic E-state index is -0.319. The molecule has 66 heavy (non-hydrogen) atoms. The molecule has 1 N–H and O–H groups in total. The Balaban J connectivity index is 0.000000170. The Hall–Kier alpha value is -4.44. The van der Waals surface area contributed by atoms with Crippen LogP contribution in [0.3, 0.4) is 0 Å². The van der Waals surface area contributed by atoms with Gasteiger partial charge < -0.3 is 15.1 Å². The van der Waals surface area contributed by atoms with E-state index in [9.17, 15) is 9.90 Å². The van der Waals surface area contributed by atoms with E-state index >= 15 is 0 Å². The fourth-order valence-electron chi connectivity index (χ4n) is 11.7. The number of benzene rings is 4. The number of hydrogen-bond acceptors (Lipinski definition) is 4. The summed E-state index contributed by atoms with van der Waals surface area (Å²) in [5.74, 6) is 3.94. The van der Waals surface area contributed by atoms with Gasteiger partial charge in [0, 0.05) is 49.9 Å². The second kappa shape index (κ2) is 21.7. The Kier molecular flexibility index (Phi) is 16.7. The zero-order valence-corrected chi connectivity index (χ0v) is 44.1. The van der Waals surface area contributed by atoms with Crippen LogP contribution in [0, 0.1) is 68.9 Å². The molecule has 0 unspecified atom stereocenters. The number of hydrogen-bond donors (Lipinski definition) is 1. The van der Waals surface area contributed by atoms with Gasteiger partial charge in [-0.15, -0.1) is 69.8 Å². The monoisotopic (exact) mass is 1060 g/mol. The van der Waals surface area contributed by atoms with Gasteiger partial charge in [-0.25, -0.2) is 0 Å². The number of pyridine rings is 2. The molecule has 1 radical (unpaired) electrons. The third kappa shape index (κ3) is 11.3. The van der Waals surface area contributed by atoms with Crippen molar-refractivity contribution < 1.29 is 30.0 Å². The summed E-state index contributed by atoms with van der Waals surface area (Å²) in [6.07, 6.45) is 17.5. The van der Waals surface area contributed by atoms with Crippen molar-refractivity contribution in [2.24, 2.45) is 29.1 Å². The first-order valence-electron chi connectivity index (χ1n) is 24.8. The van der Waals surface area contributed by atoms with Gasteiger partial charge in [-0.1, -0.05) is 113 Å². The Morgan fingerprint density at radius 3 is 1.62 bits per heavy atom. The molecule has 5 heteroatoms. The minimum absolute atomic E-state index is 0. The van der Waals surface area contributed by atoms with E-state index in [1.165, 1.54) is 88.4 Å². The molecule has 4 aromatic carbocycles. The molecule has 4 aliphatic carbocycles. The molecule has 0 atom stereocenters. The summed E-state index contributed by atoms with van der Waals surface area (Å²) in [6.45, 7) is 23.0. The zero-order chi connectivity index (χ0) is 46.6. The van der Waals surface area contributed by atoms with Crippen LogP contribution in [0.2, 0.25) is 0 Å². The molecule has 4 bridgehead atoms. The summed E-state index contributed by atoms with van der Waals surface area (Å²) in [5, 5.41) is 14.9. The maximum Gasteiger partial charge on any atom is 0.164 e. The molecule has 0 amide bonds. The van der Waals surface area contributed by atoms with E-state index in [0.717, 1.165) is 71.5 Å². The largest absolute Gasteiger partial charge is 0.512 e. The standard InChI is InChI=1S/C27H28N.C20H20N.C14H26O2.Ir/c1-17-7-18(2)9-23(8-17)26-25-4-3-24(13-22(25)5-6-28-26)27-14-19-10-20(15-27)12-21(11-19)16-27;1-13(2)16-5-6-19-17(12-16)7-8-21-20(19)18-10-14(3)9-15(4)11-18;1-6-11(7-2)12(15)10-13(16)14(5,8-3)9-4;/h3-8,13,19-21H,10-12,14-16H2,1-2H3;5-10,12-13H,1-4H3;10-11,15H,6-9H2,1-5H3;/q2*-1;;/b;;12-10-;. The van der Waals surface area contributed by atoms with Gasteiger partial charge in [0.05, 0.1) is 5.76 Å². The van der Waals surface area contributed by atoms with Gasteiger partial charge in [0.2, 0.25) is 0 Å². The first-order valence-corrected chi connectivity index (χ1v) is 24.8. The summed E-state index contributed by atoms with van der Waals surface area (Å²) in [5.41, 5.74) is 12.2. The van der Waals surface area contributed by atoms with Gasteiger partial charge in [0.15, 0.2) is 5.78 Å². The molecule has 4 aliphatic rings. The molecule has 6 aromatic rings. The minimum Gasteiger partial charge on any atom is -0.512 e. The summed E-state index contributed by atoms with van der Waals surface area (Å²) in [6, 6.07) is 33.9. The zero-order valence-electron chi connectivity index (χ0n) is 41.7. The maximum atomic E-state index is 12.0. The van der Waals surface area contributed by atoms with Crippen LogP contribution < -0.4 is 0 Å². The van der Waals surface area contributed by atoms with Crippen molar-refractivity contribution in [3.8, 4) is 22.5 Å². The van der Waals surface area contributed by atoms with Crippen molar-refractivity contribution in [1.29, 1.82) is 0 Å². The number of aryl methyl sites for hydroxylation is 4. The topological polar surface area (TPSA) is 63.1 Å². The van der Waals surface area contributed by atoms with Crippen LogP contribution in [-0.4, -0.2) is 20.9 Å². The molecule has 0 aliphatic heterocycles. The van der Waals surface area contributed by atoms with E-state index in [4.69, 9.17) is 4.98 Å². The van der Waals surface area contributed by atoms with E-state index in [1.54, 1.807) is 5.56 Å². The van der Waals surface area contributed by atoms with Crippen LogP contribution in [0.15, 0.2) is 97.0 Å². The van der Waals surface area contributed by atoms with Crippen molar-refractivity contribution in [3.63, 3.8) is 0 Å². The van der Waals surface area contributed by atoms with Crippen molar-refractivity contribution in [2.45, 2.75) is 152 Å². The Labute approximate surface area is 410 Å². The number of carbonyl (C=O) groups is 1. The first kappa shape index (κ1) is 51.0. The van der Waals surface area contributed by atoms with Gasteiger partial charge in [-0.3, -0.25) is 4.79 Å². The van der Waals surface area contributed by atoms with E-state index in [-0.39, 0.29) is 43.0 Å². The molecule has 2 aromatic heterocycles. The Morgan fingerprint density at radius 1 is 0.712 bits per heavy atom. The van der Waals surface area contributed by atoms with Gasteiger partial charge in [0.1, 0.15) is 0 Å². The number of allylic oxidation sites excluding steroid dienone is 2. The molecule has 0 saturated heterocycles. The quantitative estimate of drug-likeness (QED) is 0.0798. The summed E-state index contributed by atoms with van der Waals surface area (Å²) >= 11 is 0. The van der Waals surface area contributed by atoms with E-state index in [0.29, 0.717) is 11.3 Å². The van der Waals surface area contributed by atoms with Gasteiger partial charge >= 0.3 is 0 Å². The molecular formula is C61H74IrN2O2-2. The van der Waals surface area contributed by atoms with E-state index < -0.39 is 0 Å². The van der Waals surface area contributed by atoms with Crippen molar-refractivity contribution in [1.82, 2.24) is 9.97 Å². The molecule has 2 heterocycles. The SMILES string of the molecule is CCC(CC)/C(O)=C/C(=O)C(C)(CC)CC.Cc1[c-]c(-c2nccc3cc(C(C)C)ccc23)cc(C)c1.Cc1[c-]c(-c2nccc3cc(C45CC6CC(CC(C6)C4)C5)ccc23)cc(C)c1.[Ir]. The summed E-state index contributed by atoms with van der Waals surface area (Å²) in [7, 11) is 0. The number of rotatable bonds is 11. The predicted molar refractivity (Wildman–Crippen MR) is 273 cm³/mol. The number of fused-ring (bicyclic) bond motifs is 2. The number of carbonyl (C=O) groups excluding carboxylic acids is 1. The fraction of sp³-hybridized carbons (Fsp3) is 0.459. The molecule has 0 spiro atoms. The second-order valence-electron chi connectivity index (χ2n) is 20.8. The molecule has 4 nitrogen and oxygen atoms in total. The molecule has 4 fully saturated rings. The second-order valence-corrected chi connectivity index (χ2v) is 20.8. The Bertz CT molecular complexity index is 2590. The van der Waals surface area contributed by atoms with Gasteiger partial charge in [-0.2, -0.15) is 0 Å². The van der Waals surface area contributed by atoms with Crippen molar-refractivity contribution in [3.05, 3.63) is 143 Å². The molecule has 4 saturated carbocycles. The number of aliphatic hydroxyl groups excluding tert-OH is 1. The smallest absolute Gasteiger partial charge is 0.164 e. The fourth-order valence-corrected chi connectivity index (χ4v) is 11.7.